The highest BCUT2D eigenvalue weighted by molar-refractivity contribution is 5.85. The predicted molar refractivity (Wildman–Crippen MR) is 101 cm³/mol. The van der Waals surface area contributed by atoms with Crippen LogP contribution < -0.4 is 0 Å². The zero-order valence-electron chi connectivity index (χ0n) is 14.6. The third kappa shape index (κ3) is 4.37. The minimum atomic E-state index is -0.150. The van der Waals surface area contributed by atoms with Crippen LogP contribution in [0.15, 0.2) is 34.7 Å². The molecule has 2 heterocycles. The molecule has 0 radical (unpaired) electrons. The summed E-state index contributed by atoms with van der Waals surface area (Å²) in [6.07, 6.45) is 6.74. The van der Waals surface area contributed by atoms with Crippen LogP contribution in [0.2, 0.25) is 0 Å². The van der Waals surface area contributed by atoms with Gasteiger partial charge in [-0.05, 0) is 31.4 Å². The van der Waals surface area contributed by atoms with Crippen molar-refractivity contribution in [2.45, 2.75) is 56.8 Å². The summed E-state index contributed by atoms with van der Waals surface area (Å²) in [5.74, 6) is 1.00. The monoisotopic (exact) mass is 365 g/mol. The standard InChI is InChI=1S/C20H27NO3.ClH/c22-16-9-11-21(14-16)18-6-2-4-8-20(18)23-12-10-17-13-15-5-1-3-7-19(15)24-17;/h1,3,5,7,13,16,18,20,22H,2,4,6,8-12,14H2;1H/t16-,18?,20+;/m1./s1. The maximum absolute atomic E-state index is 9.82. The molecule has 1 aromatic heterocycles. The third-order valence-corrected chi connectivity index (χ3v) is 5.49. The van der Waals surface area contributed by atoms with Gasteiger partial charge in [0, 0.05) is 30.9 Å². The number of aliphatic hydroxyl groups is 1. The number of likely N-dealkylation sites (tertiary alicyclic amines) is 1. The highest BCUT2D eigenvalue weighted by atomic mass is 35.5. The van der Waals surface area contributed by atoms with Gasteiger partial charge in [0.25, 0.3) is 0 Å². The summed E-state index contributed by atoms with van der Waals surface area (Å²) in [5.41, 5.74) is 0.953. The molecule has 0 bridgehead atoms. The van der Waals surface area contributed by atoms with Crippen LogP contribution in [0.4, 0.5) is 0 Å². The SMILES string of the molecule is Cl.O[C@@H]1CCN(C2CCCC[C@@H]2OCCc2cc3ccccc3o2)C1. The maximum Gasteiger partial charge on any atom is 0.134 e. The van der Waals surface area contributed by atoms with Crippen LogP contribution in [0.25, 0.3) is 11.0 Å². The van der Waals surface area contributed by atoms with Crippen LogP contribution in [-0.4, -0.2) is 48.0 Å². The van der Waals surface area contributed by atoms with Crippen molar-refractivity contribution < 1.29 is 14.3 Å². The number of hydrogen-bond acceptors (Lipinski definition) is 4. The van der Waals surface area contributed by atoms with Gasteiger partial charge in [-0.25, -0.2) is 0 Å². The fourth-order valence-corrected chi connectivity index (χ4v) is 4.23. The molecule has 5 heteroatoms. The highest BCUT2D eigenvalue weighted by Crippen LogP contribution is 2.28. The van der Waals surface area contributed by atoms with Crippen LogP contribution >= 0.6 is 12.4 Å². The molecule has 4 rings (SSSR count). The number of para-hydroxylation sites is 1. The van der Waals surface area contributed by atoms with Crippen molar-refractivity contribution in [3.8, 4) is 0 Å². The van der Waals surface area contributed by atoms with Gasteiger partial charge in [-0.15, -0.1) is 12.4 Å². The van der Waals surface area contributed by atoms with Crippen LogP contribution in [0.5, 0.6) is 0 Å². The lowest BCUT2D eigenvalue weighted by Crippen LogP contribution is -2.46. The van der Waals surface area contributed by atoms with Gasteiger partial charge in [0.2, 0.25) is 0 Å². The molecule has 1 aliphatic carbocycles. The second kappa shape index (κ2) is 8.54. The van der Waals surface area contributed by atoms with Crippen LogP contribution in [0.3, 0.4) is 0 Å². The van der Waals surface area contributed by atoms with E-state index in [0.29, 0.717) is 18.8 Å². The number of benzene rings is 1. The molecule has 1 aromatic carbocycles. The molecule has 1 saturated carbocycles. The second-order valence-electron chi connectivity index (χ2n) is 7.20. The smallest absolute Gasteiger partial charge is 0.134 e. The van der Waals surface area contributed by atoms with E-state index in [4.69, 9.17) is 9.15 Å². The lowest BCUT2D eigenvalue weighted by Gasteiger charge is -2.37. The Kier molecular flexibility index (Phi) is 6.39. The molecular formula is C20H28ClNO3. The molecule has 3 atom stereocenters. The number of hydrogen-bond donors (Lipinski definition) is 1. The number of aliphatic hydroxyl groups excluding tert-OH is 1. The summed E-state index contributed by atoms with van der Waals surface area (Å²) in [5, 5.41) is 11.0. The molecule has 1 N–H and O–H groups in total. The van der Waals surface area contributed by atoms with Crippen molar-refractivity contribution in [2.24, 2.45) is 0 Å². The fraction of sp³-hybridized carbons (Fsp3) is 0.600. The van der Waals surface area contributed by atoms with Gasteiger partial charge in [-0.2, -0.15) is 0 Å². The normalized spacial score (nSPS) is 27.5. The van der Waals surface area contributed by atoms with E-state index >= 15 is 0 Å². The molecule has 2 aromatic rings. The summed E-state index contributed by atoms with van der Waals surface area (Å²) < 4.78 is 12.1. The van der Waals surface area contributed by atoms with E-state index in [0.717, 1.165) is 49.1 Å². The predicted octanol–water partition coefficient (Wildman–Crippen LogP) is 3.79. The minimum Gasteiger partial charge on any atom is -0.461 e. The zero-order valence-corrected chi connectivity index (χ0v) is 15.4. The highest BCUT2D eigenvalue weighted by Gasteiger charge is 2.34. The van der Waals surface area contributed by atoms with E-state index in [2.05, 4.69) is 17.0 Å². The van der Waals surface area contributed by atoms with Crippen LogP contribution in [0, 0.1) is 0 Å². The largest absolute Gasteiger partial charge is 0.461 e. The first-order valence-electron chi connectivity index (χ1n) is 9.31. The Morgan fingerprint density at radius 2 is 2.00 bits per heavy atom. The first-order valence-corrected chi connectivity index (χ1v) is 9.31. The lowest BCUT2D eigenvalue weighted by molar-refractivity contribution is -0.0324. The van der Waals surface area contributed by atoms with E-state index in [-0.39, 0.29) is 18.5 Å². The first kappa shape index (κ1) is 18.7. The van der Waals surface area contributed by atoms with E-state index in [1.165, 1.54) is 19.3 Å². The van der Waals surface area contributed by atoms with Gasteiger partial charge in [0.05, 0.1) is 18.8 Å². The number of halogens is 1. The Hall–Kier alpha value is -1.07. The van der Waals surface area contributed by atoms with Gasteiger partial charge in [-0.1, -0.05) is 31.0 Å². The average molecular weight is 366 g/mol. The van der Waals surface area contributed by atoms with Gasteiger partial charge in [-0.3, -0.25) is 4.90 Å². The molecule has 1 unspecified atom stereocenters. The van der Waals surface area contributed by atoms with Crippen molar-refractivity contribution in [1.82, 2.24) is 4.90 Å². The Morgan fingerprint density at radius 3 is 2.80 bits per heavy atom. The zero-order chi connectivity index (χ0) is 16.4. The van der Waals surface area contributed by atoms with Gasteiger partial charge in [0.15, 0.2) is 0 Å². The van der Waals surface area contributed by atoms with Crippen LogP contribution in [0.1, 0.15) is 37.9 Å². The van der Waals surface area contributed by atoms with Crippen molar-refractivity contribution in [3.63, 3.8) is 0 Å². The summed E-state index contributed by atoms with van der Waals surface area (Å²) >= 11 is 0. The number of ether oxygens (including phenoxy) is 1. The third-order valence-electron chi connectivity index (χ3n) is 5.49. The summed E-state index contributed by atoms with van der Waals surface area (Å²) in [6.45, 7) is 2.53. The van der Waals surface area contributed by atoms with E-state index in [1.807, 2.05) is 18.2 Å². The molecule has 1 saturated heterocycles. The lowest BCUT2D eigenvalue weighted by atomic mass is 9.91. The number of furan rings is 1. The van der Waals surface area contributed by atoms with Crippen LogP contribution in [-0.2, 0) is 11.2 Å². The summed E-state index contributed by atoms with van der Waals surface area (Å²) in [7, 11) is 0. The Bertz CT molecular complexity index is 641. The topological polar surface area (TPSA) is 45.8 Å². The number of fused-ring (bicyclic) bond motifs is 1. The number of β-amino-alcohol motifs (C(OH)–C–C–N with tert-alkyl or cyclic N) is 1. The van der Waals surface area contributed by atoms with Gasteiger partial charge < -0.3 is 14.3 Å². The molecule has 0 amide bonds. The van der Waals surface area contributed by atoms with Crippen molar-refractivity contribution in [1.29, 1.82) is 0 Å². The molecule has 25 heavy (non-hydrogen) atoms. The molecule has 0 spiro atoms. The molecule has 138 valence electrons. The minimum absolute atomic E-state index is 0. The Balaban J connectivity index is 0.00000182. The van der Waals surface area contributed by atoms with Gasteiger partial charge >= 0.3 is 0 Å². The quantitative estimate of drug-likeness (QED) is 0.875. The molecule has 4 nitrogen and oxygen atoms in total. The molecule has 1 aliphatic heterocycles. The Morgan fingerprint density at radius 1 is 1.16 bits per heavy atom. The molecule has 2 aliphatic rings. The average Bonchev–Trinajstić information content (AvgIpc) is 3.21. The van der Waals surface area contributed by atoms with Crippen molar-refractivity contribution in [2.75, 3.05) is 19.7 Å². The maximum atomic E-state index is 9.82. The van der Waals surface area contributed by atoms with E-state index in [1.54, 1.807) is 0 Å². The van der Waals surface area contributed by atoms with Crippen molar-refractivity contribution in [3.05, 3.63) is 36.1 Å². The Labute approximate surface area is 155 Å². The van der Waals surface area contributed by atoms with E-state index < -0.39 is 0 Å². The second-order valence-corrected chi connectivity index (χ2v) is 7.20. The molecular weight excluding hydrogens is 338 g/mol. The fourth-order valence-electron chi connectivity index (χ4n) is 4.23. The number of nitrogens with zero attached hydrogens (tertiary/aromatic N) is 1. The van der Waals surface area contributed by atoms with Gasteiger partial charge in [0.1, 0.15) is 11.3 Å². The summed E-state index contributed by atoms with van der Waals surface area (Å²) in [6, 6.07) is 10.7. The summed E-state index contributed by atoms with van der Waals surface area (Å²) in [4.78, 5) is 2.44. The molecule has 2 fully saturated rings. The number of rotatable bonds is 5. The van der Waals surface area contributed by atoms with E-state index in [9.17, 15) is 5.11 Å². The van der Waals surface area contributed by atoms with Crippen molar-refractivity contribution >= 4 is 23.4 Å². The first-order chi connectivity index (χ1) is 11.8.